The third-order valence-corrected chi connectivity index (χ3v) is 5.21. The molecule has 0 spiro atoms. The second-order valence-corrected chi connectivity index (χ2v) is 6.73. The quantitative estimate of drug-likeness (QED) is 0.741. The van der Waals surface area contributed by atoms with Crippen LogP contribution in [0, 0.1) is 5.92 Å². The van der Waals surface area contributed by atoms with Gasteiger partial charge in [-0.05, 0) is 19.3 Å². The van der Waals surface area contributed by atoms with E-state index in [0.717, 1.165) is 13.0 Å². The Morgan fingerprint density at radius 3 is 2.94 bits per heavy atom. The van der Waals surface area contributed by atoms with Gasteiger partial charge in [-0.3, -0.25) is 0 Å². The topological polar surface area (TPSA) is 58.6 Å². The maximum Gasteiger partial charge on any atom is 0.214 e. The van der Waals surface area contributed by atoms with Gasteiger partial charge in [-0.15, -0.1) is 0 Å². The van der Waals surface area contributed by atoms with E-state index >= 15 is 0 Å². The van der Waals surface area contributed by atoms with Crippen LogP contribution >= 0.6 is 0 Å². The van der Waals surface area contributed by atoms with Crippen molar-refractivity contribution in [2.24, 2.45) is 5.92 Å². The lowest BCUT2D eigenvalue weighted by atomic mass is 10.2. The van der Waals surface area contributed by atoms with Crippen molar-refractivity contribution in [2.75, 3.05) is 38.6 Å². The minimum atomic E-state index is -3.09. The van der Waals surface area contributed by atoms with Crippen molar-refractivity contribution in [3.05, 3.63) is 0 Å². The van der Waals surface area contributed by atoms with E-state index in [1.807, 2.05) is 6.92 Å². The number of rotatable bonds is 3. The molecule has 0 saturated carbocycles. The Morgan fingerprint density at radius 2 is 2.31 bits per heavy atom. The number of sulfonamides is 1. The van der Waals surface area contributed by atoms with Gasteiger partial charge >= 0.3 is 0 Å². The van der Waals surface area contributed by atoms with E-state index in [2.05, 4.69) is 5.32 Å². The van der Waals surface area contributed by atoms with Crippen LogP contribution in [0.4, 0.5) is 0 Å². The van der Waals surface area contributed by atoms with Crippen LogP contribution in [0.1, 0.15) is 13.3 Å². The van der Waals surface area contributed by atoms with Gasteiger partial charge in [0.25, 0.3) is 0 Å². The molecule has 0 bridgehead atoms. The molecule has 0 radical (unpaired) electrons. The van der Waals surface area contributed by atoms with Crippen LogP contribution in [0.5, 0.6) is 0 Å². The molecule has 0 aromatic carbocycles. The SMILES string of the molecule is CC1CN(S(=O)(=O)CC2CCOC2)CCN1. The average molecular weight is 248 g/mol. The zero-order chi connectivity index (χ0) is 11.6. The van der Waals surface area contributed by atoms with E-state index < -0.39 is 10.0 Å². The summed E-state index contributed by atoms with van der Waals surface area (Å²) in [5, 5.41) is 3.25. The van der Waals surface area contributed by atoms with Crippen LogP contribution in [-0.2, 0) is 14.8 Å². The monoisotopic (exact) mass is 248 g/mol. The summed E-state index contributed by atoms with van der Waals surface area (Å²) < 4.78 is 31.1. The number of hydrogen-bond donors (Lipinski definition) is 1. The number of nitrogens with zero attached hydrogens (tertiary/aromatic N) is 1. The zero-order valence-corrected chi connectivity index (χ0v) is 10.5. The Kier molecular flexibility index (Phi) is 3.84. The lowest BCUT2D eigenvalue weighted by Gasteiger charge is -2.31. The van der Waals surface area contributed by atoms with Gasteiger partial charge in [0, 0.05) is 32.3 Å². The summed E-state index contributed by atoms with van der Waals surface area (Å²) in [5.74, 6) is 0.440. The van der Waals surface area contributed by atoms with Gasteiger partial charge in [-0.1, -0.05) is 0 Å². The average Bonchev–Trinajstić information content (AvgIpc) is 2.70. The first-order valence-electron chi connectivity index (χ1n) is 5.87. The molecule has 2 atom stereocenters. The van der Waals surface area contributed by atoms with Crippen LogP contribution in [-0.4, -0.2) is 57.4 Å². The highest BCUT2D eigenvalue weighted by atomic mass is 32.2. The fraction of sp³-hybridized carbons (Fsp3) is 1.00. The van der Waals surface area contributed by atoms with Crippen molar-refractivity contribution in [3.63, 3.8) is 0 Å². The van der Waals surface area contributed by atoms with Crippen LogP contribution in [0.25, 0.3) is 0 Å². The Hall–Kier alpha value is -0.170. The molecule has 2 unspecified atom stereocenters. The highest BCUT2D eigenvalue weighted by molar-refractivity contribution is 7.89. The third kappa shape index (κ3) is 2.94. The molecule has 5 nitrogen and oxygen atoms in total. The van der Waals surface area contributed by atoms with E-state index in [0.29, 0.717) is 26.3 Å². The maximum atomic E-state index is 12.1. The standard InChI is InChI=1S/C10H20N2O3S/c1-9-6-12(4-3-11-9)16(13,14)8-10-2-5-15-7-10/h9-11H,2-8H2,1H3. The predicted molar refractivity (Wildman–Crippen MR) is 61.8 cm³/mol. The van der Waals surface area contributed by atoms with Gasteiger partial charge in [-0.25, -0.2) is 8.42 Å². The molecule has 94 valence electrons. The van der Waals surface area contributed by atoms with Gasteiger partial charge < -0.3 is 10.1 Å². The van der Waals surface area contributed by atoms with E-state index in [9.17, 15) is 8.42 Å². The second kappa shape index (κ2) is 5.00. The van der Waals surface area contributed by atoms with Crippen LogP contribution in [0.3, 0.4) is 0 Å². The van der Waals surface area contributed by atoms with Crippen LogP contribution in [0.15, 0.2) is 0 Å². The molecule has 0 aliphatic carbocycles. The van der Waals surface area contributed by atoms with E-state index in [1.165, 1.54) is 0 Å². The zero-order valence-electron chi connectivity index (χ0n) is 9.68. The van der Waals surface area contributed by atoms with Crippen molar-refractivity contribution in [1.29, 1.82) is 0 Å². The first kappa shape index (κ1) is 12.3. The fourth-order valence-electron chi connectivity index (χ4n) is 2.27. The summed E-state index contributed by atoms with van der Waals surface area (Å²) in [6, 6.07) is 0.253. The smallest absolute Gasteiger partial charge is 0.214 e. The highest BCUT2D eigenvalue weighted by Crippen LogP contribution is 2.17. The van der Waals surface area contributed by atoms with Gasteiger partial charge in [0.15, 0.2) is 0 Å². The van der Waals surface area contributed by atoms with Crippen molar-refractivity contribution in [3.8, 4) is 0 Å². The molecular formula is C10H20N2O3S. The second-order valence-electron chi connectivity index (χ2n) is 4.72. The molecule has 0 aromatic heterocycles. The molecule has 2 aliphatic heterocycles. The molecule has 1 N–H and O–H groups in total. The van der Waals surface area contributed by atoms with Crippen molar-refractivity contribution in [2.45, 2.75) is 19.4 Å². The Balaban J connectivity index is 1.94. The van der Waals surface area contributed by atoms with Gasteiger partial charge in [0.05, 0.1) is 12.4 Å². The van der Waals surface area contributed by atoms with Crippen LogP contribution < -0.4 is 5.32 Å². The summed E-state index contributed by atoms with van der Waals surface area (Å²) in [5.41, 5.74) is 0. The summed E-state index contributed by atoms with van der Waals surface area (Å²) in [6.07, 6.45) is 0.876. The van der Waals surface area contributed by atoms with Gasteiger partial charge in [-0.2, -0.15) is 4.31 Å². The van der Waals surface area contributed by atoms with Crippen LogP contribution in [0.2, 0.25) is 0 Å². The number of nitrogens with one attached hydrogen (secondary N) is 1. The minimum absolute atomic E-state index is 0.190. The Bertz CT molecular complexity index is 325. The van der Waals surface area contributed by atoms with Crippen molar-refractivity contribution in [1.82, 2.24) is 9.62 Å². The maximum absolute atomic E-state index is 12.1. The molecular weight excluding hydrogens is 228 g/mol. The molecule has 2 heterocycles. The number of piperazine rings is 1. The fourth-order valence-corrected chi connectivity index (χ4v) is 4.16. The third-order valence-electron chi connectivity index (χ3n) is 3.20. The highest BCUT2D eigenvalue weighted by Gasteiger charge is 2.30. The molecule has 16 heavy (non-hydrogen) atoms. The summed E-state index contributed by atoms with van der Waals surface area (Å²) in [4.78, 5) is 0. The van der Waals surface area contributed by atoms with E-state index in [1.54, 1.807) is 4.31 Å². The Labute approximate surface area is 97.2 Å². The molecule has 2 fully saturated rings. The molecule has 2 rings (SSSR count). The van der Waals surface area contributed by atoms with Gasteiger partial charge in [0.2, 0.25) is 10.0 Å². The minimum Gasteiger partial charge on any atom is -0.381 e. The molecule has 6 heteroatoms. The molecule has 0 amide bonds. The summed E-state index contributed by atoms with van der Waals surface area (Å²) >= 11 is 0. The summed E-state index contributed by atoms with van der Waals surface area (Å²) in [6.45, 7) is 5.26. The summed E-state index contributed by atoms with van der Waals surface area (Å²) in [7, 11) is -3.09. The predicted octanol–water partition coefficient (Wildman–Crippen LogP) is -0.354. The lowest BCUT2D eigenvalue weighted by Crippen LogP contribution is -2.52. The number of ether oxygens (including phenoxy) is 1. The number of hydrogen-bond acceptors (Lipinski definition) is 4. The largest absolute Gasteiger partial charge is 0.381 e. The molecule has 0 aromatic rings. The van der Waals surface area contributed by atoms with Gasteiger partial charge in [0.1, 0.15) is 0 Å². The lowest BCUT2D eigenvalue weighted by molar-refractivity contribution is 0.188. The van der Waals surface area contributed by atoms with Crippen molar-refractivity contribution >= 4 is 10.0 Å². The van der Waals surface area contributed by atoms with Crippen molar-refractivity contribution < 1.29 is 13.2 Å². The van der Waals surface area contributed by atoms with E-state index in [4.69, 9.17) is 4.74 Å². The Morgan fingerprint density at radius 1 is 1.50 bits per heavy atom. The first-order chi connectivity index (χ1) is 7.58. The molecule has 2 aliphatic rings. The molecule has 2 saturated heterocycles. The normalized spacial score (nSPS) is 33.1. The van der Waals surface area contributed by atoms with E-state index in [-0.39, 0.29) is 17.7 Å². The first-order valence-corrected chi connectivity index (χ1v) is 7.48.